The van der Waals surface area contributed by atoms with Gasteiger partial charge in [-0.15, -0.1) is 0 Å². The lowest BCUT2D eigenvalue weighted by atomic mass is 9.94. The molecule has 23 heavy (non-hydrogen) atoms. The zero-order valence-electron chi connectivity index (χ0n) is 12.9. The SMILES string of the molecule is [B]C(=O)NC1COC(=O)[C@H](Cc2ccccc2)C[C@H](C)OC1=O. The smallest absolute Gasteiger partial charge is 0.332 e. The lowest BCUT2D eigenvalue weighted by Gasteiger charge is -2.18. The first-order valence-corrected chi connectivity index (χ1v) is 7.42. The molecule has 1 aliphatic rings. The van der Waals surface area contributed by atoms with Crippen molar-refractivity contribution in [3.8, 4) is 0 Å². The first-order chi connectivity index (χ1) is 11.0. The number of cyclic esters (lactones) is 2. The molecule has 0 aliphatic carbocycles. The number of hydrogen-bond acceptors (Lipinski definition) is 5. The number of esters is 2. The predicted molar refractivity (Wildman–Crippen MR) is 82.8 cm³/mol. The summed E-state index contributed by atoms with van der Waals surface area (Å²) in [4.78, 5) is 35.2. The van der Waals surface area contributed by atoms with Crippen molar-refractivity contribution in [3.63, 3.8) is 0 Å². The van der Waals surface area contributed by atoms with Crippen molar-refractivity contribution >= 4 is 25.6 Å². The number of benzene rings is 1. The van der Waals surface area contributed by atoms with Crippen LogP contribution in [0.2, 0.25) is 0 Å². The Morgan fingerprint density at radius 2 is 1.96 bits per heavy atom. The van der Waals surface area contributed by atoms with Crippen LogP contribution in [0, 0.1) is 5.92 Å². The van der Waals surface area contributed by atoms with Gasteiger partial charge >= 0.3 is 11.9 Å². The third kappa shape index (κ3) is 5.12. The highest BCUT2D eigenvalue weighted by Gasteiger charge is 2.31. The molecule has 1 amide bonds. The molecule has 7 heteroatoms. The highest BCUT2D eigenvalue weighted by molar-refractivity contribution is 6.57. The van der Waals surface area contributed by atoms with Crippen LogP contribution in [0.5, 0.6) is 0 Å². The highest BCUT2D eigenvalue weighted by atomic mass is 16.6. The maximum Gasteiger partial charge on any atom is 0.332 e. The van der Waals surface area contributed by atoms with Gasteiger partial charge in [0.25, 0.3) is 0 Å². The van der Waals surface area contributed by atoms with E-state index in [0.717, 1.165) is 5.56 Å². The van der Waals surface area contributed by atoms with Gasteiger partial charge in [0.15, 0.2) is 11.8 Å². The topological polar surface area (TPSA) is 81.7 Å². The van der Waals surface area contributed by atoms with Crippen LogP contribution >= 0.6 is 0 Å². The van der Waals surface area contributed by atoms with Crippen LogP contribution in [0.25, 0.3) is 0 Å². The molecule has 1 heterocycles. The third-order valence-corrected chi connectivity index (χ3v) is 3.59. The second-order valence-electron chi connectivity index (χ2n) is 5.56. The minimum atomic E-state index is -1.09. The predicted octanol–water partition coefficient (Wildman–Crippen LogP) is 0.971. The van der Waals surface area contributed by atoms with Gasteiger partial charge in [-0.1, -0.05) is 30.3 Å². The Morgan fingerprint density at radius 3 is 2.61 bits per heavy atom. The molecule has 0 aromatic heterocycles. The molecule has 1 N–H and O–H groups in total. The highest BCUT2D eigenvalue weighted by Crippen LogP contribution is 2.19. The summed E-state index contributed by atoms with van der Waals surface area (Å²) in [5, 5.41) is 2.22. The van der Waals surface area contributed by atoms with E-state index in [1.54, 1.807) is 6.92 Å². The summed E-state index contributed by atoms with van der Waals surface area (Å²) in [5.41, 5.74) is 0.999. The molecule has 2 radical (unpaired) electrons. The second kappa shape index (κ2) is 7.81. The lowest BCUT2D eigenvalue weighted by Crippen LogP contribution is -2.45. The van der Waals surface area contributed by atoms with E-state index in [0.29, 0.717) is 12.8 Å². The van der Waals surface area contributed by atoms with Crippen molar-refractivity contribution in [3.05, 3.63) is 35.9 Å². The molecule has 1 fully saturated rings. The number of carbonyl (C=O) groups excluding carboxylic acids is 3. The number of nitrogens with one attached hydrogen (secondary N) is 1. The lowest BCUT2D eigenvalue weighted by molar-refractivity contribution is -0.152. The second-order valence-corrected chi connectivity index (χ2v) is 5.56. The van der Waals surface area contributed by atoms with Gasteiger partial charge in [0.1, 0.15) is 6.61 Å². The third-order valence-electron chi connectivity index (χ3n) is 3.59. The molecule has 3 atom stereocenters. The Hall–Kier alpha value is -2.31. The fourth-order valence-electron chi connectivity index (χ4n) is 2.51. The van der Waals surface area contributed by atoms with E-state index < -0.39 is 35.8 Å². The number of hydrogen-bond donors (Lipinski definition) is 1. The van der Waals surface area contributed by atoms with Crippen molar-refractivity contribution in [2.45, 2.75) is 31.9 Å². The number of rotatable bonds is 3. The first-order valence-electron chi connectivity index (χ1n) is 7.42. The molecule has 6 nitrogen and oxygen atoms in total. The maximum absolute atomic E-state index is 12.3. The Labute approximate surface area is 135 Å². The first kappa shape index (κ1) is 17.1. The van der Waals surface area contributed by atoms with Gasteiger partial charge in [0.2, 0.25) is 7.85 Å². The van der Waals surface area contributed by atoms with Crippen LogP contribution in [0.3, 0.4) is 0 Å². The number of ether oxygens (including phenoxy) is 2. The van der Waals surface area contributed by atoms with E-state index in [1.807, 2.05) is 30.3 Å². The fourth-order valence-corrected chi connectivity index (χ4v) is 2.51. The maximum atomic E-state index is 12.3. The van der Waals surface area contributed by atoms with Crippen molar-refractivity contribution in [1.29, 1.82) is 0 Å². The van der Waals surface area contributed by atoms with Gasteiger partial charge in [-0.05, 0) is 25.3 Å². The standard InChI is InChI=1S/C16H18BNO5/c1-10-7-12(8-11-5-3-2-4-6-11)14(19)22-9-13(15(20)23-10)18-16(17)21/h2-6,10,12-13H,7-9H2,1H3,(H,18,21)/t10-,12-,13?/m0/s1. The molecule has 0 spiro atoms. The zero-order chi connectivity index (χ0) is 16.8. The van der Waals surface area contributed by atoms with E-state index in [9.17, 15) is 14.4 Å². The van der Waals surface area contributed by atoms with E-state index >= 15 is 0 Å². The minimum absolute atomic E-state index is 0.293. The molecular weight excluding hydrogens is 297 g/mol. The quantitative estimate of drug-likeness (QED) is 0.664. The molecule has 1 unspecified atom stereocenters. The minimum Gasteiger partial charge on any atom is -0.463 e. The van der Waals surface area contributed by atoms with Crippen LogP contribution in [0.4, 0.5) is 4.79 Å². The van der Waals surface area contributed by atoms with Gasteiger partial charge in [0.05, 0.1) is 12.0 Å². The summed E-state index contributed by atoms with van der Waals surface area (Å²) in [5.74, 6) is -2.39. The molecule has 0 saturated carbocycles. The molecule has 1 aliphatic heterocycles. The van der Waals surface area contributed by atoms with Crippen molar-refractivity contribution in [2.24, 2.45) is 5.92 Å². The molecule has 1 aromatic carbocycles. The number of amides is 1. The van der Waals surface area contributed by atoms with E-state index in [2.05, 4.69) is 5.32 Å². The Morgan fingerprint density at radius 1 is 1.26 bits per heavy atom. The molecule has 1 saturated heterocycles. The summed E-state index contributed by atoms with van der Waals surface area (Å²) < 4.78 is 10.4. The summed E-state index contributed by atoms with van der Waals surface area (Å²) in [7, 11) is 5.02. The molecule has 1 aromatic rings. The monoisotopic (exact) mass is 315 g/mol. The van der Waals surface area contributed by atoms with E-state index in [1.165, 1.54) is 0 Å². The van der Waals surface area contributed by atoms with Crippen LogP contribution in [-0.2, 0) is 25.5 Å². The van der Waals surface area contributed by atoms with Crippen molar-refractivity contribution < 1.29 is 23.9 Å². The Balaban J connectivity index is 2.10. The number of carbonyl (C=O) groups is 3. The van der Waals surface area contributed by atoms with Crippen LogP contribution < -0.4 is 5.32 Å². The molecular formula is C16H18BNO5. The average molecular weight is 315 g/mol. The van der Waals surface area contributed by atoms with Gasteiger partial charge in [0, 0.05) is 0 Å². The van der Waals surface area contributed by atoms with Crippen LogP contribution in [-0.4, -0.2) is 44.3 Å². The zero-order valence-corrected chi connectivity index (χ0v) is 12.9. The van der Waals surface area contributed by atoms with Gasteiger partial charge < -0.3 is 14.8 Å². The summed E-state index contributed by atoms with van der Waals surface area (Å²) >= 11 is 0. The Kier molecular flexibility index (Phi) is 5.79. The van der Waals surface area contributed by atoms with Crippen LogP contribution in [0.15, 0.2) is 30.3 Å². The van der Waals surface area contributed by atoms with Gasteiger partial charge in [-0.3, -0.25) is 9.59 Å². The Bertz CT molecular complexity index is 577. The average Bonchev–Trinajstić information content (AvgIpc) is 2.54. The van der Waals surface area contributed by atoms with Gasteiger partial charge in [-0.2, -0.15) is 0 Å². The summed E-state index contributed by atoms with van der Waals surface area (Å²) in [6.07, 6.45) is 0.372. The summed E-state index contributed by atoms with van der Waals surface area (Å²) in [6, 6.07) is 8.45. The molecule has 2 rings (SSSR count). The normalized spacial score (nSPS) is 25.3. The molecule has 120 valence electrons. The van der Waals surface area contributed by atoms with Crippen LogP contribution in [0.1, 0.15) is 18.9 Å². The van der Waals surface area contributed by atoms with Crippen molar-refractivity contribution in [2.75, 3.05) is 6.61 Å². The van der Waals surface area contributed by atoms with E-state index in [-0.39, 0.29) is 6.61 Å². The van der Waals surface area contributed by atoms with Crippen molar-refractivity contribution in [1.82, 2.24) is 5.32 Å². The fraction of sp³-hybridized carbons (Fsp3) is 0.438. The largest absolute Gasteiger partial charge is 0.463 e. The summed E-state index contributed by atoms with van der Waals surface area (Å²) in [6.45, 7) is 1.41. The van der Waals surface area contributed by atoms with E-state index in [4.69, 9.17) is 17.3 Å². The van der Waals surface area contributed by atoms with Gasteiger partial charge in [-0.25, -0.2) is 4.79 Å². The molecule has 0 bridgehead atoms.